The van der Waals surface area contributed by atoms with Crippen molar-refractivity contribution in [3.8, 4) is 11.5 Å². The summed E-state index contributed by atoms with van der Waals surface area (Å²) in [5.41, 5.74) is 4.23. The molecule has 33 heavy (non-hydrogen) atoms. The molecule has 1 aliphatic rings. The Bertz CT molecular complexity index is 727. The largest absolute Gasteiger partial charge is 0.507 e. The molecular formula is C29H50O4. The number of rotatable bonds is 12. The minimum atomic E-state index is -0.0712. The van der Waals surface area contributed by atoms with Crippen LogP contribution in [0.2, 0.25) is 0 Å². The number of hydrogen-bond donors (Lipinski definition) is 1. The molecule has 0 aromatic heterocycles. The molecule has 1 aromatic carbocycles. The van der Waals surface area contributed by atoms with E-state index in [9.17, 15) is 5.11 Å². The van der Waals surface area contributed by atoms with Gasteiger partial charge in [0, 0.05) is 15.5 Å². The van der Waals surface area contributed by atoms with Crippen molar-refractivity contribution in [1.29, 1.82) is 0 Å². The van der Waals surface area contributed by atoms with E-state index in [0.29, 0.717) is 5.75 Å². The molecule has 4 heteroatoms. The van der Waals surface area contributed by atoms with Gasteiger partial charge in [-0.25, -0.2) is 0 Å². The molecule has 0 radical (unpaired) electrons. The molecule has 1 N–H and O–H groups in total. The normalized spacial score (nSPS) is 19.3. The maximum Gasteiger partial charge on any atom is 0.127 e. The first-order valence-electron chi connectivity index (χ1n) is 13.2. The van der Waals surface area contributed by atoms with Gasteiger partial charge in [0.15, 0.2) is 0 Å². The monoisotopic (exact) mass is 462 g/mol. The van der Waals surface area contributed by atoms with E-state index in [2.05, 4.69) is 41.5 Å². The van der Waals surface area contributed by atoms with Crippen molar-refractivity contribution in [2.24, 2.45) is 17.8 Å². The van der Waals surface area contributed by atoms with Crippen molar-refractivity contribution in [3.05, 3.63) is 32.2 Å². The first-order chi connectivity index (χ1) is 15.5. The van der Waals surface area contributed by atoms with Crippen molar-refractivity contribution in [1.82, 2.24) is 0 Å². The minimum Gasteiger partial charge on any atom is -0.507 e. The molecule has 0 aliphatic carbocycles. The van der Waals surface area contributed by atoms with E-state index in [1.54, 1.807) is 0 Å². The Morgan fingerprint density at radius 2 is 1.33 bits per heavy atom. The van der Waals surface area contributed by atoms with Gasteiger partial charge in [-0.3, -0.25) is 0 Å². The lowest BCUT2D eigenvalue weighted by molar-refractivity contribution is 0.0512. The lowest BCUT2D eigenvalue weighted by Gasteiger charge is -2.38. The van der Waals surface area contributed by atoms with Crippen LogP contribution < -0.4 is 4.74 Å². The first-order valence-corrected chi connectivity index (χ1v) is 13.2. The maximum atomic E-state index is 10.4. The van der Waals surface area contributed by atoms with Gasteiger partial charge < -0.3 is 9.84 Å². The number of fused-ring (bicyclic) bond motifs is 1. The van der Waals surface area contributed by atoms with Crippen LogP contribution in [0.5, 0.6) is 11.5 Å². The van der Waals surface area contributed by atoms with Crippen LogP contribution in [0.4, 0.5) is 0 Å². The molecule has 1 heterocycles. The number of hydrogen-bond acceptors (Lipinski definition) is 4. The molecule has 1 aromatic rings. The molecule has 0 fully saturated rings. The third kappa shape index (κ3) is 8.94. The van der Waals surface area contributed by atoms with E-state index < -0.39 is 0 Å². The van der Waals surface area contributed by atoms with Crippen molar-refractivity contribution in [2.75, 3.05) is 0 Å². The van der Waals surface area contributed by atoms with Crippen LogP contribution in [-0.4, -0.2) is 10.7 Å². The van der Waals surface area contributed by atoms with Gasteiger partial charge in [-0.2, -0.15) is 0 Å². The van der Waals surface area contributed by atoms with Gasteiger partial charge in [0.25, 0.3) is 0 Å². The summed E-state index contributed by atoms with van der Waals surface area (Å²) >= 11 is 0. The fourth-order valence-electron chi connectivity index (χ4n) is 5.27. The van der Waals surface area contributed by atoms with E-state index in [1.807, 2.05) is 13.8 Å². The standard InChI is InChI=1S/C29H50O2.O2/c1-20(2)12-9-13-21(3)14-10-15-22(4)16-11-18-29(8)19-17-26-25(7)27(30)23(5)24(6)28(26)31-29;1-2/h20-22,30H,9-19H2,1-8H3;/t21-,22+,29-;/m0./s1. The van der Waals surface area contributed by atoms with E-state index in [4.69, 9.17) is 14.7 Å². The predicted octanol–water partition coefficient (Wildman–Crippen LogP) is 8.91. The van der Waals surface area contributed by atoms with Crippen LogP contribution in [0.15, 0.2) is 0 Å². The highest BCUT2D eigenvalue weighted by Crippen LogP contribution is 2.44. The SMILES string of the molecule is Cc1c(C)c2c(c(C)c1O)CC[C@](C)(CCC[C@H](C)CCC[C@@H](C)CCCC(C)C)O2.O=O. The molecule has 1 aliphatic heterocycles. The zero-order valence-electron chi connectivity index (χ0n) is 22.7. The van der Waals surface area contributed by atoms with Crippen molar-refractivity contribution >= 4 is 0 Å². The van der Waals surface area contributed by atoms with Crippen molar-refractivity contribution in [2.45, 2.75) is 132 Å². The quantitative estimate of drug-likeness (QED) is 0.337. The number of phenolic OH excluding ortho intramolecular Hbond substituents is 1. The highest BCUT2D eigenvalue weighted by molar-refractivity contribution is 5.58. The summed E-state index contributed by atoms with van der Waals surface area (Å²) in [6.07, 6.45) is 14.1. The lowest BCUT2D eigenvalue weighted by Crippen LogP contribution is -2.37. The number of ether oxygens (including phenoxy) is 1. The van der Waals surface area contributed by atoms with Gasteiger partial charge in [0.2, 0.25) is 0 Å². The van der Waals surface area contributed by atoms with Crippen LogP contribution in [0.3, 0.4) is 0 Å². The summed E-state index contributed by atoms with van der Waals surface area (Å²) < 4.78 is 6.60. The second-order valence-electron chi connectivity index (χ2n) is 11.4. The van der Waals surface area contributed by atoms with E-state index in [1.165, 1.54) is 56.9 Å². The molecule has 3 atom stereocenters. The molecule has 0 bridgehead atoms. The molecule has 0 saturated carbocycles. The molecule has 0 saturated heterocycles. The molecule has 0 amide bonds. The van der Waals surface area contributed by atoms with Crippen molar-refractivity contribution < 1.29 is 9.84 Å². The van der Waals surface area contributed by atoms with Gasteiger partial charge in [0.05, 0.1) is 0 Å². The van der Waals surface area contributed by atoms with E-state index in [0.717, 1.165) is 59.5 Å². The Balaban J connectivity index is 0.00000265. The summed E-state index contributed by atoms with van der Waals surface area (Å²) in [6, 6.07) is 0. The van der Waals surface area contributed by atoms with Gasteiger partial charge in [0.1, 0.15) is 17.1 Å². The fourth-order valence-corrected chi connectivity index (χ4v) is 5.27. The van der Waals surface area contributed by atoms with Gasteiger partial charge in [-0.05, 0) is 87.8 Å². The Labute approximate surface area is 203 Å². The highest BCUT2D eigenvalue weighted by Gasteiger charge is 2.34. The maximum absolute atomic E-state index is 10.4. The Hall–Kier alpha value is -1.58. The highest BCUT2D eigenvalue weighted by atomic mass is 16.7. The Morgan fingerprint density at radius 3 is 1.88 bits per heavy atom. The van der Waals surface area contributed by atoms with Crippen molar-refractivity contribution in [3.63, 3.8) is 0 Å². The number of benzene rings is 1. The minimum absolute atomic E-state index is 0.0712. The summed E-state index contributed by atoms with van der Waals surface area (Å²) in [7, 11) is 0. The molecule has 0 unspecified atom stereocenters. The Kier molecular flexibility index (Phi) is 12.5. The average molecular weight is 463 g/mol. The molecular weight excluding hydrogens is 412 g/mol. The second kappa shape index (κ2) is 14.0. The molecule has 0 spiro atoms. The lowest BCUT2D eigenvalue weighted by atomic mass is 9.84. The molecule has 190 valence electrons. The van der Waals surface area contributed by atoms with Gasteiger partial charge in [-0.1, -0.05) is 72.6 Å². The predicted molar refractivity (Wildman–Crippen MR) is 141 cm³/mol. The van der Waals surface area contributed by atoms with E-state index in [-0.39, 0.29) is 5.60 Å². The van der Waals surface area contributed by atoms with E-state index >= 15 is 0 Å². The third-order valence-electron chi connectivity index (χ3n) is 7.87. The topological polar surface area (TPSA) is 63.6 Å². The van der Waals surface area contributed by atoms with Gasteiger partial charge >= 0.3 is 0 Å². The van der Waals surface area contributed by atoms with Crippen LogP contribution in [0.25, 0.3) is 0 Å². The van der Waals surface area contributed by atoms with Crippen LogP contribution in [0.1, 0.15) is 121 Å². The Morgan fingerprint density at radius 1 is 0.818 bits per heavy atom. The smallest absolute Gasteiger partial charge is 0.127 e. The molecule has 2 rings (SSSR count). The zero-order chi connectivity index (χ0) is 25.2. The van der Waals surface area contributed by atoms with Crippen LogP contribution >= 0.6 is 0 Å². The zero-order valence-corrected chi connectivity index (χ0v) is 22.7. The molecule has 4 nitrogen and oxygen atoms in total. The fraction of sp³-hybridized carbons (Fsp3) is 0.793. The first kappa shape index (κ1) is 29.5. The third-order valence-corrected chi connectivity index (χ3v) is 7.87. The van der Waals surface area contributed by atoms with Gasteiger partial charge in [-0.15, -0.1) is 0 Å². The second-order valence-corrected chi connectivity index (χ2v) is 11.4. The summed E-state index contributed by atoms with van der Waals surface area (Å²) in [5, 5.41) is 10.4. The number of phenols is 1. The number of aromatic hydroxyl groups is 1. The summed E-state index contributed by atoms with van der Waals surface area (Å²) in [5.74, 6) is 4.04. The summed E-state index contributed by atoms with van der Waals surface area (Å²) in [4.78, 5) is 14.0. The van der Waals surface area contributed by atoms with Crippen LogP contribution in [-0.2, 0) is 6.42 Å². The average Bonchev–Trinajstić information content (AvgIpc) is 2.77. The summed E-state index contributed by atoms with van der Waals surface area (Å²) in [6.45, 7) is 17.9. The van der Waals surface area contributed by atoms with Crippen LogP contribution in [0, 0.1) is 48.5 Å².